The van der Waals surface area contributed by atoms with Crippen LogP contribution in [0.4, 0.5) is 4.39 Å². The van der Waals surface area contributed by atoms with E-state index >= 15 is 0 Å². The van der Waals surface area contributed by atoms with Crippen LogP contribution in [-0.4, -0.2) is 21.0 Å². The molecule has 1 saturated carbocycles. The highest BCUT2D eigenvalue weighted by molar-refractivity contribution is 7.89. The summed E-state index contributed by atoms with van der Waals surface area (Å²) in [5.41, 5.74) is 0.593. The van der Waals surface area contributed by atoms with Gasteiger partial charge in [-0.3, -0.25) is 0 Å². The van der Waals surface area contributed by atoms with Gasteiger partial charge in [0.1, 0.15) is 5.82 Å². The normalized spacial score (nSPS) is 16.3. The van der Waals surface area contributed by atoms with Crippen LogP contribution in [0.15, 0.2) is 23.1 Å². The predicted molar refractivity (Wildman–Crippen MR) is 71.7 cm³/mol. The fourth-order valence-corrected chi connectivity index (χ4v) is 3.55. The molecule has 19 heavy (non-hydrogen) atoms. The lowest BCUT2D eigenvalue weighted by Gasteiger charge is -2.26. The van der Waals surface area contributed by atoms with Crippen molar-refractivity contribution in [1.29, 1.82) is 0 Å². The van der Waals surface area contributed by atoms with E-state index in [-0.39, 0.29) is 10.9 Å². The number of rotatable bonds is 6. The summed E-state index contributed by atoms with van der Waals surface area (Å²) >= 11 is 0. The van der Waals surface area contributed by atoms with Crippen molar-refractivity contribution in [3.63, 3.8) is 0 Å². The van der Waals surface area contributed by atoms with Gasteiger partial charge in [-0.1, -0.05) is 19.4 Å². The number of sulfonamides is 1. The molecule has 0 aliphatic heterocycles. The maximum absolute atomic E-state index is 13.3. The minimum atomic E-state index is -3.63. The fourth-order valence-electron chi connectivity index (χ4n) is 1.99. The Labute approximate surface area is 113 Å². The van der Waals surface area contributed by atoms with Gasteiger partial charge in [-0.2, -0.15) is 0 Å². The third kappa shape index (κ3) is 3.52. The molecule has 2 N–H and O–H groups in total. The van der Waals surface area contributed by atoms with Gasteiger partial charge in [0, 0.05) is 12.6 Å². The van der Waals surface area contributed by atoms with Gasteiger partial charge in [-0.25, -0.2) is 17.5 Å². The molecular weight excluding hydrogens is 267 g/mol. The Kier molecular flexibility index (Phi) is 4.54. The van der Waals surface area contributed by atoms with Crippen molar-refractivity contribution >= 4 is 10.0 Å². The van der Waals surface area contributed by atoms with E-state index in [0.717, 1.165) is 31.9 Å². The first-order chi connectivity index (χ1) is 9.03. The van der Waals surface area contributed by atoms with E-state index in [2.05, 4.69) is 10.0 Å². The minimum absolute atomic E-state index is 0.000233. The first-order valence-electron chi connectivity index (χ1n) is 6.54. The van der Waals surface area contributed by atoms with E-state index < -0.39 is 15.8 Å². The van der Waals surface area contributed by atoms with Crippen LogP contribution in [0.5, 0.6) is 0 Å². The predicted octanol–water partition coefficient (Wildman–Crippen LogP) is 1.77. The summed E-state index contributed by atoms with van der Waals surface area (Å²) in [6, 6.07) is 3.90. The monoisotopic (exact) mass is 286 g/mol. The molecular formula is C13H19FN2O2S. The van der Waals surface area contributed by atoms with Crippen molar-refractivity contribution in [2.75, 3.05) is 6.54 Å². The summed E-state index contributed by atoms with van der Waals surface area (Å²) < 4.78 is 40.5. The standard InChI is InChI=1S/C13H19FN2O2S/c1-2-15-9-10-6-7-11(14)8-13(10)19(17,18)16-12-4-3-5-12/h6-8,12,15-16H,2-5,9H2,1H3. The number of hydrogen-bond acceptors (Lipinski definition) is 3. The van der Waals surface area contributed by atoms with Crippen LogP contribution in [0.1, 0.15) is 31.7 Å². The van der Waals surface area contributed by atoms with Gasteiger partial charge in [-0.05, 0) is 37.1 Å². The SMILES string of the molecule is CCNCc1ccc(F)cc1S(=O)(=O)NC1CCC1. The second-order valence-electron chi connectivity index (χ2n) is 4.78. The Morgan fingerprint density at radius 2 is 2.11 bits per heavy atom. The van der Waals surface area contributed by atoms with Crippen molar-refractivity contribution in [3.05, 3.63) is 29.6 Å². The lowest BCUT2D eigenvalue weighted by molar-refractivity contribution is 0.383. The van der Waals surface area contributed by atoms with Crippen molar-refractivity contribution in [2.45, 2.75) is 43.7 Å². The molecule has 4 nitrogen and oxygen atoms in total. The topological polar surface area (TPSA) is 58.2 Å². The second-order valence-corrected chi connectivity index (χ2v) is 6.46. The summed E-state index contributed by atoms with van der Waals surface area (Å²) in [7, 11) is -3.63. The summed E-state index contributed by atoms with van der Waals surface area (Å²) in [6.07, 6.45) is 2.76. The number of halogens is 1. The first kappa shape index (κ1) is 14.4. The van der Waals surface area contributed by atoms with E-state index in [1.165, 1.54) is 12.1 Å². The van der Waals surface area contributed by atoms with Gasteiger partial charge in [0.15, 0.2) is 0 Å². The Morgan fingerprint density at radius 3 is 2.68 bits per heavy atom. The molecule has 0 spiro atoms. The Balaban J connectivity index is 2.27. The largest absolute Gasteiger partial charge is 0.313 e. The Bertz CT molecular complexity index is 542. The molecule has 0 bridgehead atoms. The highest BCUT2D eigenvalue weighted by Crippen LogP contribution is 2.23. The summed E-state index contributed by atoms with van der Waals surface area (Å²) in [4.78, 5) is 0.0420. The zero-order valence-corrected chi connectivity index (χ0v) is 11.8. The molecule has 0 unspecified atom stereocenters. The third-order valence-electron chi connectivity index (χ3n) is 3.31. The van der Waals surface area contributed by atoms with Gasteiger partial charge in [0.2, 0.25) is 10.0 Å². The maximum atomic E-state index is 13.3. The molecule has 2 rings (SSSR count). The van der Waals surface area contributed by atoms with Crippen LogP contribution in [0.3, 0.4) is 0 Å². The molecule has 106 valence electrons. The van der Waals surface area contributed by atoms with E-state index in [0.29, 0.717) is 12.1 Å². The van der Waals surface area contributed by atoms with Crippen LogP contribution in [0, 0.1) is 5.82 Å². The highest BCUT2D eigenvalue weighted by Gasteiger charge is 2.26. The zero-order chi connectivity index (χ0) is 13.9. The summed E-state index contributed by atoms with van der Waals surface area (Å²) in [5.74, 6) is -0.533. The van der Waals surface area contributed by atoms with Gasteiger partial charge in [0.25, 0.3) is 0 Å². The van der Waals surface area contributed by atoms with Crippen LogP contribution in [-0.2, 0) is 16.6 Å². The van der Waals surface area contributed by atoms with E-state index in [1.54, 1.807) is 0 Å². The number of hydrogen-bond donors (Lipinski definition) is 2. The molecule has 1 aliphatic carbocycles. The summed E-state index contributed by atoms with van der Waals surface area (Å²) in [5, 5.41) is 3.06. The van der Waals surface area contributed by atoms with Crippen molar-refractivity contribution < 1.29 is 12.8 Å². The Morgan fingerprint density at radius 1 is 1.37 bits per heavy atom. The minimum Gasteiger partial charge on any atom is -0.313 e. The van der Waals surface area contributed by atoms with Gasteiger partial charge in [-0.15, -0.1) is 0 Å². The average molecular weight is 286 g/mol. The lowest BCUT2D eigenvalue weighted by Crippen LogP contribution is -2.39. The fraction of sp³-hybridized carbons (Fsp3) is 0.538. The molecule has 1 fully saturated rings. The molecule has 0 heterocycles. The lowest BCUT2D eigenvalue weighted by atomic mass is 9.94. The molecule has 1 aliphatic rings. The Hall–Kier alpha value is -0.980. The smallest absolute Gasteiger partial charge is 0.241 e. The van der Waals surface area contributed by atoms with Crippen LogP contribution in [0.2, 0.25) is 0 Å². The molecule has 0 atom stereocenters. The highest BCUT2D eigenvalue weighted by atomic mass is 32.2. The molecule has 0 saturated heterocycles. The average Bonchev–Trinajstić information content (AvgIpc) is 2.32. The van der Waals surface area contributed by atoms with Gasteiger partial charge in [0.05, 0.1) is 4.90 Å². The molecule has 0 aromatic heterocycles. The first-order valence-corrected chi connectivity index (χ1v) is 8.02. The molecule has 1 aromatic carbocycles. The van der Waals surface area contributed by atoms with E-state index in [9.17, 15) is 12.8 Å². The molecule has 6 heteroatoms. The quantitative estimate of drug-likeness (QED) is 0.838. The van der Waals surface area contributed by atoms with Crippen molar-refractivity contribution in [2.24, 2.45) is 0 Å². The molecule has 0 amide bonds. The number of benzene rings is 1. The van der Waals surface area contributed by atoms with E-state index in [1.807, 2.05) is 6.92 Å². The van der Waals surface area contributed by atoms with Crippen molar-refractivity contribution in [1.82, 2.24) is 10.0 Å². The second kappa shape index (κ2) is 5.98. The van der Waals surface area contributed by atoms with Gasteiger partial charge >= 0.3 is 0 Å². The number of nitrogens with one attached hydrogen (secondary N) is 2. The van der Waals surface area contributed by atoms with Crippen molar-refractivity contribution in [3.8, 4) is 0 Å². The molecule has 1 aromatic rings. The van der Waals surface area contributed by atoms with E-state index in [4.69, 9.17) is 0 Å². The van der Waals surface area contributed by atoms with Crippen LogP contribution in [0.25, 0.3) is 0 Å². The third-order valence-corrected chi connectivity index (χ3v) is 4.91. The van der Waals surface area contributed by atoms with Crippen LogP contribution >= 0.6 is 0 Å². The maximum Gasteiger partial charge on any atom is 0.241 e. The van der Waals surface area contributed by atoms with Crippen LogP contribution < -0.4 is 10.0 Å². The molecule has 0 radical (unpaired) electrons. The van der Waals surface area contributed by atoms with Gasteiger partial charge < -0.3 is 5.32 Å². The summed E-state index contributed by atoms with van der Waals surface area (Å²) in [6.45, 7) is 3.08. The zero-order valence-electron chi connectivity index (χ0n) is 10.9.